The Morgan fingerprint density at radius 2 is 2.05 bits per heavy atom. The van der Waals surface area contributed by atoms with Crippen LogP contribution in [0.15, 0.2) is 46.9 Å². The number of benzene rings is 2. The number of aromatic nitrogens is 1. The highest BCUT2D eigenvalue weighted by Crippen LogP contribution is 2.32. The SMILES string of the molecule is CCCC(F)OC(=O)CCC(CNC(=O)c1c(C)c(N2CCCO2)nc2ccc(Br)cc12)c1ccccc1Cl. The van der Waals surface area contributed by atoms with Crippen molar-refractivity contribution in [3.63, 3.8) is 0 Å². The minimum Gasteiger partial charge on any atom is -0.431 e. The maximum absolute atomic E-state index is 13.8. The van der Waals surface area contributed by atoms with Gasteiger partial charge >= 0.3 is 5.97 Å². The Hall–Kier alpha value is -2.75. The molecule has 0 bridgehead atoms. The third-order valence-corrected chi connectivity index (χ3v) is 7.54. The van der Waals surface area contributed by atoms with Crippen molar-refractivity contribution >= 4 is 56.1 Å². The van der Waals surface area contributed by atoms with E-state index in [1.165, 1.54) is 0 Å². The number of alkyl halides is 1. The maximum atomic E-state index is 13.8. The number of nitrogens with zero attached hydrogens (tertiary/aromatic N) is 2. The molecule has 7 nitrogen and oxygen atoms in total. The first-order chi connectivity index (χ1) is 18.8. The summed E-state index contributed by atoms with van der Waals surface area (Å²) in [6.07, 6.45) is 0.331. The number of carbonyl (C=O) groups excluding carboxylic acids is 2. The largest absolute Gasteiger partial charge is 0.431 e. The lowest BCUT2D eigenvalue weighted by atomic mass is 9.93. The Balaban J connectivity index is 1.58. The average Bonchev–Trinajstić information content (AvgIpc) is 3.44. The zero-order valence-corrected chi connectivity index (χ0v) is 24.4. The number of halogens is 3. The zero-order valence-electron chi connectivity index (χ0n) is 22.0. The molecule has 10 heteroatoms. The zero-order chi connectivity index (χ0) is 27.9. The van der Waals surface area contributed by atoms with Gasteiger partial charge in [0.2, 0.25) is 6.36 Å². The summed E-state index contributed by atoms with van der Waals surface area (Å²) < 4.78 is 19.5. The third-order valence-electron chi connectivity index (χ3n) is 6.71. The van der Waals surface area contributed by atoms with Crippen molar-refractivity contribution in [3.8, 4) is 0 Å². The van der Waals surface area contributed by atoms with Gasteiger partial charge in [-0.15, -0.1) is 0 Å². The quantitative estimate of drug-likeness (QED) is 0.232. The number of amides is 1. The number of anilines is 1. The number of hydrogen-bond donors (Lipinski definition) is 1. The van der Waals surface area contributed by atoms with Gasteiger partial charge in [-0.2, -0.15) is 0 Å². The molecule has 1 amide bonds. The number of pyridine rings is 1. The van der Waals surface area contributed by atoms with Gasteiger partial charge in [0.1, 0.15) is 0 Å². The van der Waals surface area contributed by atoms with Gasteiger partial charge in [0.25, 0.3) is 5.91 Å². The second kappa shape index (κ2) is 13.5. The van der Waals surface area contributed by atoms with Gasteiger partial charge in [-0.1, -0.05) is 52.7 Å². The minimum atomic E-state index is -1.61. The van der Waals surface area contributed by atoms with Crippen molar-refractivity contribution in [1.82, 2.24) is 10.3 Å². The van der Waals surface area contributed by atoms with E-state index in [4.69, 9.17) is 26.2 Å². The molecule has 1 saturated heterocycles. The normalized spacial score (nSPS) is 14.8. The molecule has 0 radical (unpaired) electrons. The van der Waals surface area contributed by atoms with Gasteiger partial charge in [0.05, 0.1) is 17.7 Å². The van der Waals surface area contributed by atoms with Crippen molar-refractivity contribution in [3.05, 3.63) is 68.7 Å². The van der Waals surface area contributed by atoms with Crippen LogP contribution in [-0.2, 0) is 14.4 Å². The van der Waals surface area contributed by atoms with E-state index in [0.29, 0.717) is 58.9 Å². The molecule has 208 valence electrons. The lowest BCUT2D eigenvalue weighted by Gasteiger charge is -2.22. The lowest BCUT2D eigenvalue weighted by Crippen LogP contribution is -2.30. The molecule has 39 heavy (non-hydrogen) atoms. The molecule has 2 aromatic carbocycles. The smallest absolute Gasteiger partial charge is 0.308 e. The molecule has 0 spiro atoms. The Labute approximate surface area is 241 Å². The van der Waals surface area contributed by atoms with Crippen LogP contribution in [0.5, 0.6) is 0 Å². The topological polar surface area (TPSA) is 80.8 Å². The summed E-state index contributed by atoms with van der Waals surface area (Å²) in [7, 11) is 0. The molecule has 1 aliphatic heterocycles. The fourth-order valence-corrected chi connectivity index (χ4v) is 5.38. The van der Waals surface area contributed by atoms with Gasteiger partial charge in [-0.25, -0.2) is 14.4 Å². The summed E-state index contributed by atoms with van der Waals surface area (Å²) in [4.78, 5) is 36.6. The monoisotopic (exact) mass is 619 g/mol. The number of esters is 1. The number of hydroxylamine groups is 1. The Kier molecular flexibility index (Phi) is 10.2. The van der Waals surface area contributed by atoms with E-state index in [0.717, 1.165) is 16.5 Å². The average molecular weight is 621 g/mol. The number of hydrogen-bond acceptors (Lipinski definition) is 6. The fourth-order valence-electron chi connectivity index (χ4n) is 4.73. The van der Waals surface area contributed by atoms with Gasteiger partial charge in [-0.05, 0) is 56.0 Å². The highest BCUT2D eigenvalue weighted by Gasteiger charge is 2.25. The second-order valence-corrected chi connectivity index (χ2v) is 10.9. The van der Waals surface area contributed by atoms with E-state index in [1.54, 1.807) is 11.1 Å². The number of carbonyl (C=O) groups is 2. The van der Waals surface area contributed by atoms with Crippen LogP contribution in [0, 0.1) is 6.92 Å². The molecule has 2 atom stereocenters. The molecule has 0 saturated carbocycles. The highest BCUT2D eigenvalue weighted by molar-refractivity contribution is 9.10. The predicted molar refractivity (Wildman–Crippen MR) is 154 cm³/mol. The van der Waals surface area contributed by atoms with Crippen molar-refractivity contribution in [1.29, 1.82) is 0 Å². The van der Waals surface area contributed by atoms with Crippen LogP contribution in [0.3, 0.4) is 0 Å². The van der Waals surface area contributed by atoms with Crippen LogP contribution in [0.4, 0.5) is 10.2 Å². The second-order valence-electron chi connectivity index (χ2n) is 9.54. The van der Waals surface area contributed by atoms with Crippen molar-refractivity contribution < 1.29 is 23.6 Å². The molecule has 4 rings (SSSR count). The molecule has 0 aliphatic carbocycles. The summed E-state index contributed by atoms with van der Waals surface area (Å²) in [5.74, 6) is -0.563. The molecular formula is C29H32BrClFN3O4. The van der Waals surface area contributed by atoms with Crippen LogP contribution >= 0.6 is 27.5 Å². The van der Waals surface area contributed by atoms with Crippen molar-refractivity contribution in [2.75, 3.05) is 24.8 Å². The molecule has 1 N–H and O–H groups in total. The Morgan fingerprint density at radius 1 is 1.26 bits per heavy atom. The number of nitrogens with one attached hydrogen (secondary N) is 1. The van der Waals surface area contributed by atoms with E-state index in [-0.39, 0.29) is 31.2 Å². The van der Waals surface area contributed by atoms with E-state index >= 15 is 0 Å². The summed E-state index contributed by atoms with van der Waals surface area (Å²) in [5.41, 5.74) is 2.69. The molecule has 1 fully saturated rings. The van der Waals surface area contributed by atoms with E-state index in [2.05, 4.69) is 21.2 Å². The van der Waals surface area contributed by atoms with E-state index in [9.17, 15) is 14.0 Å². The van der Waals surface area contributed by atoms with E-state index in [1.807, 2.05) is 50.2 Å². The van der Waals surface area contributed by atoms with Crippen LogP contribution in [0.1, 0.15) is 66.4 Å². The lowest BCUT2D eigenvalue weighted by molar-refractivity contribution is -0.158. The fraction of sp³-hybridized carbons (Fsp3) is 0.414. The van der Waals surface area contributed by atoms with Crippen molar-refractivity contribution in [2.45, 2.75) is 58.2 Å². The summed E-state index contributed by atoms with van der Waals surface area (Å²) >= 11 is 9.99. The van der Waals surface area contributed by atoms with E-state index < -0.39 is 12.3 Å². The number of rotatable bonds is 11. The first kappa shape index (κ1) is 29.2. The Bertz CT molecular complexity index is 1340. The molecule has 1 aromatic heterocycles. The van der Waals surface area contributed by atoms with Crippen LogP contribution in [0.25, 0.3) is 10.9 Å². The molecular weight excluding hydrogens is 589 g/mol. The minimum absolute atomic E-state index is 0.00347. The van der Waals surface area contributed by atoms with Crippen LogP contribution in [0.2, 0.25) is 5.02 Å². The van der Waals surface area contributed by atoms with Crippen LogP contribution < -0.4 is 10.4 Å². The summed E-state index contributed by atoms with van der Waals surface area (Å²) in [6, 6.07) is 12.9. The molecule has 3 aromatic rings. The van der Waals surface area contributed by atoms with Gasteiger partial charge in [0.15, 0.2) is 5.82 Å². The molecule has 2 unspecified atom stereocenters. The Morgan fingerprint density at radius 3 is 2.77 bits per heavy atom. The summed E-state index contributed by atoms with van der Waals surface area (Å²) in [5, 5.41) is 6.04. The maximum Gasteiger partial charge on any atom is 0.308 e. The number of fused-ring (bicyclic) bond motifs is 1. The van der Waals surface area contributed by atoms with Gasteiger partial charge in [-0.3, -0.25) is 14.4 Å². The standard InChI is InChI=1S/C29H32BrClFN3O4/c1-3-7-25(32)39-26(36)13-10-19(21-8-4-5-9-23(21)31)17-33-29(37)27-18(2)28(35-14-6-15-38-35)34-24-12-11-20(30)16-22(24)27/h4-5,8-9,11-12,16,19,25H,3,6-7,10,13-15,17H2,1-2H3,(H,33,37). The highest BCUT2D eigenvalue weighted by atomic mass is 79.9. The van der Waals surface area contributed by atoms with Crippen LogP contribution in [-0.4, -0.2) is 42.9 Å². The predicted octanol–water partition coefficient (Wildman–Crippen LogP) is 7.03. The summed E-state index contributed by atoms with van der Waals surface area (Å²) in [6.45, 7) is 5.20. The first-order valence-corrected chi connectivity index (χ1v) is 14.3. The van der Waals surface area contributed by atoms with Gasteiger partial charge < -0.3 is 10.1 Å². The molecule has 1 aliphatic rings. The first-order valence-electron chi connectivity index (χ1n) is 13.1. The van der Waals surface area contributed by atoms with Gasteiger partial charge in [0, 0.05) is 52.3 Å². The third kappa shape index (κ3) is 7.26. The molecule has 2 heterocycles. The number of ether oxygens (including phenoxy) is 1. The van der Waals surface area contributed by atoms with Crippen molar-refractivity contribution in [2.24, 2.45) is 0 Å².